The number of rotatable bonds is 5. The lowest BCUT2D eigenvalue weighted by molar-refractivity contribution is 0.221. The van der Waals surface area contributed by atoms with Crippen molar-refractivity contribution >= 4 is 0 Å². The standard InChI is InChI=1S/C14H16O4/c1-10-3-6-13(14(7-10)16-2)17-9-12-5-4-11(8-15)18-12/h3-7,15H,8-9H2,1-2H3. The summed E-state index contributed by atoms with van der Waals surface area (Å²) in [7, 11) is 1.61. The van der Waals surface area contributed by atoms with E-state index in [0.717, 1.165) is 5.56 Å². The molecular weight excluding hydrogens is 232 g/mol. The molecule has 0 amide bonds. The van der Waals surface area contributed by atoms with Crippen molar-refractivity contribution < 1.29 is 19.0 Å². The maximum absolute atomic E-state index is 8.89. The van der Waals surface area contributed by atoms with Gasteiger partial charge in [0, 0.05) is 0 Å². The fourth-order valence-electron chi connectivity index (χ4n) is 1.63. The number of furan rings is 1. The summed E-state index contributed by atoms with van der Waals surface area (Å²) in [5, 5.41) is 8.89. The Morgan fingerprint density at radius 3 is 2.56 bits per heavy atom. The van der Waals surface area contributed by atoms with Crippen LogP contribution >= 0.6 is 0 Å². The van der Waals surface area contributed by atoms with Crippen LogP contribution in [0.15, 0.2) is 34.7 Å². The lowest BCUT2D eigenvalue weighted by Gasteiger charge is -2.10. The number of hydrogen-bond donors (Lipinski definition) is 1. The number of aryl methyl sites for hydroxylation is 1. The second-order valence-corrected chi connectivity index (χ2v) is 3.97. The zero-order valence-corrected chi connectivity index (χ0v) is 10.5. The molecule has 0 bridgehead atoms. The first-order valence-corrected chi connectivity index (χ1v) is 5.69. The number of methoxy groups -OCH3 is 1. The molecule has 0 aliphatic heterocycles. The lowest BCUT2D eigenvalue weighted by atomic mass is 10.2. The first kappa shape index (κ1) is 12.5. The maximum atomic E-state index is 8.89. The molecule has 0 aliphatic rings. The number of aliphatic hydroxyl groups excluding tert-OH is 1. The van der Waals surface area contributed by atoms with Crippen molar-refractivity contribution in [1.29, 1.82) is 0 Å². The number of aliphatic hydroxyl groups is 1. The van der Waals surface area contributed by atoms with Gasteiger partial charge in [-0.3, -0.25) is 0 Å². The van der Waals surface area contributed by atoms with Crippen molar-refractivity contribution in [1.82, 2.24) is 0 Å². The third-order valence-electron chi connectivity index (χ3n) is 2.56. The minimum atomic E-state index is -0.103. The molecule has 0 saturated heterocycles. The van der Waals surface area contributed by atoms with E-state index in [1.165, 1.54) is 0 Å². The predicted molar refractivity (Wildman–Crippen MR) is 66.7 cm³/mol. The number of hydrogen-bond acceptors (Lipinski definition) is 4. The van der Waals surface area contributed by atoms with E-state index < -0.39 is 0 Å². The fourth-order valence-corrected chi connectivity index (χ4v) is 1.63. The minimum Gasteiger partial charge on any atom is -0.493 e. The van der Waals surface area contributed by atoms with Crippen LogP contribution in [0.25, 0.3) is 0 Å². The molecule has 1 aromatic heterocycles. The zero-order valence-electron chi connectivity index (χ0n) is 10.5. The molecular formula is C14H16O4. The van der Waals surface area contributed by atoms with Gasteiger partial charge in [-0.25, -0.2) is 0 Å². The van der Waals surface area contributed by atoms with Crippen LogP contribution in [0.5, 0.6) is 11.5 Å². The lowest BCUT2D eigenvalue weighted by Crippen LogP contribution is -1.96. The second kappa shape index (κ2) is 5.60. The van der Waals surface area contributed by atoms with Crippen molar-refractivity contribution in [2.45, 2.75) is 20.1 Å². The van der Waals surface area contributed by atoms with Gasteiger partial charge in [0.05, 0.1) is 7.11 Å². The highest BCUT2D eigenvalue weighted by molar-refractivity contribution is 5.42. The Labute approximate surface area is 106 Å². The fraction of sp³-hybridized carbons (Fsp3) is 0.286. The van der Waals surface area contributed by atoms with E-state index in [1.54, 1.807) is 19.2 Å². The third kappa shape index (κ3) is 2.84. The Morgan fingerprint density at radius 2 is 1.89 bits per heavy atom. The van der Waals surface area contributed by atoms with Crippen molar-refractivity contribution in [2.75, 3.05) is 7.11 Å². The van der Waals surface area contributed by atoms with Gasteiger partial charge in [0.15, 0.2) is 11.5 Å². The van der Waals surface area contributed by atoms with Gasteiger partial charge in [-0.15, -0.1) is 0 Å². The van der Waals surface area contributed by atoms with Gasteiger partial charge >= 0.3 is 0 Å². The summed E-state index contributed by atoms with van der Waals surface area (Å²) in [5.41, 5.74) is 1.11. The predicted octanol–water partition coefficient (Wildman–Crippen LogP) is 2.67. The van der Waals surface area contributed by atoms with Gasteiger partial charge in [-0.05, 0) is 36.8 Å². The maximum Gasteiger partial charge on any atom is 0.161 e. The molecule has 0 radical (unpaired) electrons. The van der Waals surface area contributed by atoms with Crippen molar-refractivity contribution in [2.24, 2.45) is 0 Å². The van der Waals surface area contributed by atoms with Gasteiger partial charge in [0.2, 0.25) is 0 Å². The van der Waals surface area contributed by atoms with Crippen molar-refractivity contribution in [3.63, 3.8) is 0 Å². The van der Waals surface area contributed by atoms with E-state index in [0.29, 0.717) is 29.6 Å². The van der Waals surface area contributed by atoms with Crippen LogP contribution in [0.1, 0.15) is 17.1 Å². The first-order valence-electron chi connectivity index (χ1n) is 5.69. The molecule has 1 aromatic carbocycles. The van der Waals surface area contributed by atoms with Crippen molar-refractivity contribution in [3.8, 4) is 11.5 Å². The quantitative estimate of drug-likeness (QED) is 0.883. The molecule has 0 saturated carbocycles. The van der Waals surface area contributed by atoms with Gasteiger partial charge in [-0.2, -0.15) is 0 Å². The molecule has 1 heterocycles. The van der Waals surface area contributed by atoms with Crippen molar-refractivity contribution in [3.05, 3.63) is 47.4 Å². The number of ether oxygens (including phenoxy) is 2. The molecule has 0 unspecified atom stereocenters. The largest absolute Gasteiger partial charge is 0.493 e. The molecule has 0 spiro atoms. The van der Waals surface area contributed by atoms with E-state index in [4.69, 9.17) is 19.0 Å². The van der Waals surface area contributed by atoms with E-state index in [-0.39, 0.29) is 6.61 Å². The SMILES string of the molecule is COc1cc(C)ccc1OCc1ccc(CO)o1. The Balaban J connectivity index is 2.05. The second-order valence-electron chi connectivity index (χ2n) is 3.97. The van der Waals surface area contributed by atoms with Gasteiger partial charge in [0.25, 0.3) is 0 Å². The van der Waals surface area contributed by atoms with E-state index >= 15 is 0 Å². The van der Waals surface area contributed by atoms with E-state index in [1.807, 2.05) is 25.1 Å². The van der Waals surface area contributed by atoms with Gasteiger partial charge in [0.1, 0.15) is 24.7 Å². The molecule has 4 heteroatoms. The molecule has 96 valence electrons. The Hall–Kier alpha value is -1.94. The van der Waals surface area contributed by atoms with Gasteiger partial charge in [-0.1, -0.05) is 6.07 Å². The topological polar surface area (TPSA) is 51.8 Å². The highest BCUT2D eigenvalue weighted by Gasteiger charge is 2.06. The molecule has 4 nitrogen and oxygen atoms in total. The third-order valence-corrected chi connectivity index (χ3v) is 2.56. The zero-order chi connectivity index (χ0) is 13.0. The van der Waals surface area contributed by atoms with Crippen LogP contribution in [0, 0.1) is 6.92 Å². The average Bonchev–Trinajstić information content (AvgIpc) is 2.85. The summed E-state index contributed by atoms with van der Waals surface area (Å²) in [6.45, 7) is 2.19. The summed E-state index contributed by atoms with van der Waals surface area (Å²) in [6, 6.07) is 9.25. The highest BCUT2D eigenvalue weighted by atomic mass is 16.5. The Morgan fingerprint density at radius 1 is 1.11 bits per heavy atom. The summed E-state index contributed by atoms with van der Waals surface area (Å²) in [5.74, 6) is 2.57. The van der Waals surface area contributed by atoms with Crippen LogP contribution in [-0.2, 0) is 13.2 Å². The summed E-state index contributed by atoms with van der Waals surface area (Å²) >= 11 is 0. The highest BCUT2D eigenvalue weighted by Crippen LogP contribution is 2.28. The summed E-state index contributed by atoms with van der Waals surface area (Å²) in [6.07, 6.45) is 0. The Bertz CT molecular complexity index is 516. The van der Waals surface area contributed by atoms with Crippen LogP contribution in [0.2, 0.25) is 0 Å². The molecule has 0 fully saturated rings. The normalized spacial score (nSPS) is 10.4. The minimum absolute atomic E-state index is 0.103. The number of benzene rings is 1. The first-order chi connectivity index (χ1) is 8.72. The summed E-state index contributed by atoms with van der Waals surface area (Å²) in [4.78, 5) is 0. The van der Waals surface area contributed by atoms with Gasteiger partial charge < -0.3 is 19.0 Å². The molecule has 2 rings (SSSR count). The Kier molecular flexibility index (Phi) is 3.89. The van der Waals surface area contributed by atoms with Crippen LogP contribution in [0.4, 0.5) is 0 Å². The van der Waals surface area contributed by atoms with Crippen LogP contribution in [0.3, 0.4) is 0 Å². The van der Waals surface area contributed by atoms with E-state index in [2.05, 4.69) is 0 Å². The monoisotopic (exact) mass is 248 g/mol. The summed E-state index contributed by atoms with van der Waals surface area (Å²) < 4.78 is 16.2. The molecule has 2 aromatic rings. The van der Waals surface area contributed by atoms with Crippen LogP contribution in [-0.4, -0.2) is 12.2 Å². The average molecular weight is 248 g/mol. The molecule has 0 aliphatic carbocycles. The smallest absolute Gasteiger partial charge is 0.161 e. The molecule has 1 N–H and O–H groups in total. The molecule has 0 atom stereocenters. The molecule has 18 heavy (non-hydrogen) atoms. The van der Waals surface area contributed by atoms with E-state index in [9.17, 15) is 0 Å². The van der Waals surface area contributed by atoms with Crippen LogP contribution < -0.4 is 9.47 Å².